The lowest BCUT2D eigenvalue weighted by atomic mass is 10.0. The van der Waals surface area contributed by atoms with E-state index in [1.165, 1.54) is 37.8 Å². The second-order valence-corrected chi connectivity index (χ2v) is 6.30. The Balaban J connectivity index is 1.64. The average Bonchev–Trinajstić information content (AvgIpc) is 2.99. The van der Waals surface area contributed by atoms with Crippen LogP contribution in [0.3, 0.4) is 0 Å². The van der Waals surface area contributed by atoms with Gasteiger partial charge in [0, 0.05) is 38.9 Å². The zero-order valence-electron chi connectivity index (χ0n) is 14.9. The first-order chi connectivity index (χ1) is 11.2. The van der Waals surface area contributed by atoms with Gasteiger partial charge in [-0.2, -0.15) is 5.10 Å². The number of guanidine groups is 1. The first-order valence-corrected chi connectivity index (χ1v) is 8.90. The minimum Gasteiger partial charge on any atom is -0.355 e. The summed E-state index contributed by atoms with van der Waals surface area (Å²) in [6, 6.07) is 0.767. The van der Waals surface area contributed by atoms with Crippen LogP contribution in [0, 0.1) is 6.92 Å². The molecule has 1 aliphatic heterocycles. The fraction of sp³-hybridized carbons (Fsp3) is 0.765. The van der Waals surface area contributed by atoms with Crippen LogP contribution in [-0.2, 0) is 6.54 Å². The van der Waals surface area contributed by atoms with Crippen molar-refractivity contribution in [3.8, 4) is 0 Å². The zero-order chi connectivity index (χ0) is 16.5. The number of aromatic nitrogens is 2. The standard InChI is InChI=1S/C17H32N6/c1-4-16-7-5-6-10-22(16)11-8-19-17(18-3)20-9-12-23-14-15(2)13-21-23/h13-14,16H,4-12H2,1-3H3,(H2,18,19,20). The van der Waals surface area contributed by atoms with E-state index < -0.39 is 0 Å². The Hall–Kier alpha value is -1.56. The summed E-state index contributed by atoms with van der Waals surface area (Å²) in [6.07, 6.45) is 9.28. The quantitative estimate of drug-likeness (QED) is 0.592. The van der Waals surface area contributed by atoms with Gasteiger partial charge in [-0.05, 0) is 38.3 Å². The van der Waals surface area contributed by atoms with Gasteiger partial charge in [0.2, 0.25) is 0 Å². The molecule has 6 heteroatoms. The molecule has 1 saturated heterocycles. The van der Waals surface area contributed by atoms with Gasteiger partial charge in [-0.15, -0.1) is 0 Å². The highest BCUT2D eigenvalue weighted by Crippen LogP contribution is 2.18. The van der Waals surface area contributed by atoms with E-state index in [2.05, 4.69) is 45.7 Å². The topological polar surface area (TPSA) is 57.5 Å². The van der Waals surface area contributed by atoms with Crippen molar-refractivity contribution >= 4 is 5.96 Å². The molecule has 1 fully saturated rings. The van der Waals surface area contributed by atoms with Gasteiger partial charge in [-0.1, -0.05) is 13.3 Å². The first-order valence-electron chi connectivity index (χ1n) is 8.90. The summed E-state index contributed by atoms with van der Waals surface area (Å²) < 4.78 is 1.95. The van der Waals surface area contributed by atoms with Crippen molar-refractivity contribution in [2.45, 2.75) is 52.1 Å². The fourth-order valence-corrected chi connectivity index (χ4v) is 3.23. The summed E-state index contributed by atoms with van der Waals surface area (Å²) in [4.78, 5) is 6.91. The lowest BCUT2D eigenvalue weighted by Gasteiger charge is -2.35. The molecule has 0 spiro atoms. The molecule has 130 valence electrons. The number of hydrogen-bond acceptors (Lipinski definition) is 3. The van der Waals surface area contributed by atoms with Gasteiger partial charge in [0.05, 0.1) is 12.7 Å². The smallest absolute Gasteiger partial charge is 0.191 e. The maximum Gasteiger partial charge on any atom is 0.191 e. The van der Waals surface area contributed by atoms with Crippen molar-refractivity contribution in [3.63, 3.8) is 0 Å². The van der Waals surface area contributed by atoms with Crippen LogP contribution in [-0.4, -0.2) is 59.9 Å². The highest BCUT2D eigenvalue weighted by molar-refractivity contribution is 5.79. The molecule has 1 aromatic heterocycles. The number of aryl methyl sites for hydroxylation is 1. The molecule has 1 atom stereocenters. The molecule has 0 aromatic carbocycles. The van der Waals surface area contributed by atoms with Crippen LogP contribution in [0.25, 0.3) is 0 Å². The van der Waals surface area contributed by atoms with Gasteiger partial charge in [-0.3, -0.25) is 14.6 Å². The van der Waals surface area contributed by atoms with Crippen LogP contribution in [0.1, 0.15) is 38.2 Å². The molecule has 1 unspecified atom stereocenters. The monoisotopic (exact) mass is 320 g/mol. The summed E-state index contributed by atoms with van der Waals surface area (Å²) in [5, 5.41) is 11.1. The zero-order valence-corrected chi connectivity index (χ0v) is 14.9. The van der Waals surface area contributed by atoms with Gasteiger partial charge < -0.3 is 10.6 Å². The highest BCUT2D eigenvalue weighted by atomic mass is 15.3. The van der Waals surface area contributed by atoms with Gasteiger partial charge in [0.15, 0.2) is 5.96 Å². The second kappa shape index (κ2) is 9.55. The van der Waals surface area contributed by atoms with Gasteiger partial charge in [0.25, 0.3) is 0 Å². The summed E-state index contributed by atoms with van der Waals surface area (Å²) in [5.41, 5.74) is 1.19. The van der Waals surface area contributed by atoms with Crippen molar-refractivity contribution in [3.05, 3.63) is 18.0 Å². The van der Waals surface area contributed by atoms with Crippen molar-refractivity contribution in [1.82, 2.24) is 25.3 Å². The molecule has 23 heavy (non-hydrogen) atoms. The van der Waals surface area contributed by atoms with E-state index in [4.69, 9.17) is 0 Å². The van der Waals surface area contributed by atoms with Gasteiger partial charge >= 0.3 is 0 Å². The highest BCUT2D eigenvalue weighted by Gasteiger charge is 2.19. The summed E-state index contributed by atoms with van der Waals surface area (Å²) in [7, 11) is 1.82. The molecule has 0 radical (unpaired) electrons. The maximum absolute atomic E-state index is 4.29. The third kappa shape index (κ3) is 5.86. The molecule has 2 N–H and O–H groups in total. The van der Waals surface area contributed by atoms with E-state index in [1.807, 2.05) is 17.9 Å². The van der Waals surface area contributed by atoms with Crippen LogP contribution in [0.2, 0.25) is 0 Å². The van der Waals surface area contributed by atoms with E-state index in [-0.39, 0.29) is 0 Å². The number of rotatable bonds is 7. The van der Waals surface area contributed by atoms with Gasteiger partial charge in [-0.25, -0.2) is 0 Å². The van der Waals surface area contributed by atoms with Crippen molar-refractivity contribution < 1.29 is 0 Å². The molecule has 0 bridgehead atoms. The Bertz CT molecular complexity index is 481. The van der Waals surface area contributed by atoms with Crippen LogP contribution in [0.4, 0.5) is 0 Å². The van der Waals surface area contributed by atoms with Crippen LogP contribution in [0.15, 0.2) is 17.4 Å². The molecular formula is C17H32N6. The van der Waals surface area contributed by atoms with E-state index in [0.29, 0.717) is 0 Å². The number of piperidine rings is 1. The predicted octanol–water partition coefficient (Wildman–Crippen LogP) is 1.62. The molecule has 0 saturated carbocycles. The lowest BCUT2D eigenvalue weighted by molar-refractivity contribution is 0.147. The van der Waals surface area contributed by atoms with E-state index >= 15 is 0 Å². The van der Waals surface area contributed by atoms with E-state index in [0.717, 1.165) is 38.2 Å². The number of hydrogen-bond donors (Lipinski definition) is 2. The Kier molecular flexibility index (Phi) is 7.39. The Morgan fingerprint density at radius 3 is 2.74 bits per heavy atom. The minimum absolute atomic E-state index is 0.767. The Morgan fingerprint density at radius 1 is 1.30 bits per heavy atom. The third-order valence-corrected chi connectivity index (χ3v) is 4.53. The van der Waals surface area contributed by atoms with Crippen LogP contribution >= 0.6 is 0 Å². The van der Waals surface area contributed by atoms with Gasteiger partial charge in [0.1, 0.15) is 0 Å². The van der Waals surface area contributed by atoms with Crippen molar-refractivity contribution in [2.75, 3.05) is 33.2 Å². The summed E-state index contributed by atoms with van der Waals surface area (Å²) in [5.74, 6) is 0.874. The Labute approximate surface area is 140 Å². The minimum atomic E-state index is 0.767. The molecule has 6 nitrogen and oxygen atoms in total. The number of nitrogens with zero attached hydrogens (tertiary/aromatic N) is 4. The predicted molar refractivity (Wildman–Crippen MR) is 95.8 cm³/mol. The van der Waals surface area contributed by atoms with Crippen LogP contribution in [0.5, 0.6) is 0 Å². The normalized spacial score (nSPS) is 19.8. The molecule has 0 amide bonds. The maximum atomic E-state index is 4.29. The number of aliphatic imine (C=N–C) groups is 1. The number of likely N-dealkylation sites (tertiary alicyclic amines) is 1. The van der Waals surface area contributed by atoms with Crippen LogP contribution < -0.4 is 10.6 Å². The van der Waals surface area contributed by atoms with E-state index in [1.54, 1.807) is 0 Å². The molecule has 1 aliphatic rings. The molecular weight excluding hydrogens is 288 g/mol. The third-order valence-electron chi connectivity index (χ3n) is 4.53. The molecule has 0 aliphatic carbocycles. The SMILES string of the molecule is CCC1CCCCN1CCNC(=NC)NCCn1cc(C)cn1. The summed E-state index contributed by atoms with van der Waals surface area (Å²) >= 11 is 0. The first kappa shape index (κ1) is 17.8. The van der Waals surface area contributed by atoms with Crippen molar-refractivity contribution in [1.29, 1.82) is 0 Å². The number of nitrogens with one attached hydrogen (secondary N) is 2. The molecule has 2 heterocycles. The van der Waals surface area contributed by atoms with E-state index in [9.17, 15) is 0 Å². The molecule has 2 rings (SSSR count). The van der Waals surface area contributed by atoms with Crippen molar-refractivity contribution in [2.24, 2.45) is 4.99 Å². The fourth-order valence-electron chi connectivity index (χ4n) is 3.23. The average molecular weight is 320 g/mol. The molecule has 1 aromatic rings. The lowest BCUT2D eigenvalue weighted by Crippen LogP contribution is -2.46. The Morgan fingerprint density at radius 2 is 2.09 bits per heavy atom. The summed E-state index contributed by atoms with van der Waals surface area (Å²) in [6.45, 7) is 9.30. The second-order valence-electron chi connectivity index (χ2n) is 6.30. The largest absolute Gasteiger partial charge is 0.355 e.